The van der Waals surface area contributed by atoms with Gasteiger partial charge in [0.15, 0.2) is 0 Å². The summed E-state index contributed by atoms with van der Waals surface area (Å²) in [6, 6.07) is 8.03. The highest BCUT2D eigenvalue weighted by Crippen LogP contribution is 2.28. The normalized spacial score (nSPS) is 10.8. The van der Waals surface area contributed by atoms with E-state index >= 15 is 0 Å². The van der Waals surface area contributed by atoms with Crippen LogP contribution >= 0.6 is 0 Å². The summed E-state index contributed by atoms with van der Waals surface area (Å²) in [4.78, 5) is 12.1. The van der Waals surface area contributed by atoms with Crippen molar-refractivity contribution >= 4 is 11.8 Å². The second kappa shape index (κ2) is 6.37. The first kappa shape index (κ1) is 14.3. The molecule has 0 aliphatic rings. The molecule has 1 aromatic heterocycles. The van der Waals surface area contributed by atoms with Crippen molar-refractivity contribution in [1.29, 1.82) is 0 Å². The van der Waals surface area contributed by atoms with Crippen LogP contribution in [0.25, 0.3) is 11.1 Å². The third kappa shape index (κ3) is 3.07. The van der Waals surface area contributed by atoms with Crippen LogP contribution in [0.1, 0.15) is 32.3 Å². The number of amides is 1. The van der Waals surface area contributed by atoms with Crippen LogP contribution in [0.3, 0.4) is 0 Å². The Hall–Kier alpha value is -2.10. The lowest BCUT2D eigenvalue weighted by molar-refractivity contribution is -0.120. The molecule has 0 radical (unpaired) electrons. The Morgan fingerprint density at radius 3 is 2.50 bits per heavy atom. The molecule has 0 atom stereocenters. The van der Waals surface area contributed by atoms with Crippen molar-refractivity contribution < 1.29 is 9.32 Å². The van der Waals surface area contributed by atoms with Gasteiger partial charge in [-0.2, -0.15) is 0 Å². The van der Waals surface area contributed by atoms with Crippen LogP contribution in [0.5, 0.6) is 0 Å². The molecule has 0 unspecified atom stereocenters. The summed E-state index contributed by atoms with van der Waals surface area (Å²) in [5, 5.41) is 6.63. The lowest BCUT2D eigenvalue weighted by Gasteiger charge is -2.11. The highest BCUT2D eigenvalue weighted by molar-refractivity contribution is 5.94. The van der Waals surface area contributed by atoms with Crippen molar-refractivity contribution in [1.82, 2.24) is 5.16 Å². The predicted octanol–water partition coefficient (Wildman–Crippen LogP) is 4.02. The molecule has 20 heavy (non-hydrogen) atoms. The number of nitrogens with one attached hydrogen (secondary N) is 1. The topological polar surface area (TPSA) is 55.1 Å². The van der Waals surface area contributed by atoms with Gasteiger partial charge in [0.05, 0.1) is 11.8 Å². The molecule has 0 saturated heterocycles. The molecule has 106 valence electrons. The maximum absolute atomic E-state index is 12.1. The van der Waals surface area contributed by atoms with Crippen LogP contribution in [0.4, 0.5) is 5.88 Å². The maximum atomic E-state index is 12.1. The second-order valence-electron chi connectivity index (χ2n) is 4.94. The summed E-state index contributed by atoms with van der Waals surface area (Å²) in [6.45, 7) is 6.05. The molecule has 1 amide bonds. The van der Waals surface area contributed by atoms with Gasteiger partial charge in [-0.05, 0) is 25.3 Å². The fourth-order valence-corrected chi connectivity index (χ4v) is 2.14. The molecule has 0 aliphatic heterocycles. The van der Waals surface area contributed by atoms with Gasteiger partial charge in [-0.15, -0.1) is 0 Å². The van der Waals surface area contributed by atoms with E-state index in [0.29, 0.717) is 5.88 Å². The molecule has 0 spiro atoms. The number of aromatic nitrogens is 1. The minimum absolute atomic E-state index is 0.00553. The zero-order valence-corrected chi connectivity index (χ0v) is 12.1. The average molecular weight is 272 g/mol. The van der Waals surface area contributed by atoms with Gasteiger partial charge in [0, 0.05) is 5.92 Å². The minimum atomic E-state index is -0.0138. The molecule has 0 bridgehead atoms. The Bertz CT molecular complexity index is 568. The smallest absolute Gasteiger partial charge is 0.239 e. The quantitative estimate of drug-likeness (QED) is 0.894. The molecule has 4 heteroatoms. The summed E-state index contributed by atoms with van der Waals surface area (Å²) in [5.74, 6) is 0.414. The Kier molecular flexibility index (Phi) is 4.56. The van der Waals surface area contributed by atoms with E-state index in [4.69, 9.17) is 4.52 Å². The third-order valence-corrected chi connectivity index (χ3v) is 3.53. The summed E-state index contributed by atoms with van der Waals surface area (Å²) in [6.07, 6.45) is 3.26. The lowest BCUT2D eigenvalue weighted by Crippen LogP contribution is -2.21. The van der Waals surface area contributed by atoms with E-state index in [1.54, 1.807) is 6.20 Å². The monoisotopic (exact) mass is 272 g/mol. The summed E-state index contributed by atoms with van der Waals surface area (Å²) in [7, 11) is 0. The van der Waals surface area contributed by atoms with E-state index in [-0.39, 0.29) is 11.8 Å². The van der Waals surface area contributed by atoms with Gasteiger partial charge in [-0.25, -0.2) is 0 Å². The first-order chi connectivity index (χ1) is 9.65. The molecule has 0 saturated carbocycles. The first-order valence-electron chi connectivity index (χ1n) is 6.98. The summed E-state index contributed by atoms with van der Waals surface area (Å²) >= 11 is 0. The number of benzene rings is 1. The number of carbonyl (C=O) groups is 1. The van der Waals surface area contributed by atoms with Crippen molar-refractivity contribution in [2.24, 2.45) is 5.92 Å². The molecule has 0 aliphatic carbocycles. The average Bonchev–Trinajstić information content (AvgIpc) is 2.89. The number of anilines is 1. The Labute approximate surface area is 119 Å². The Morgan fingerprint density at radius 2 is 1.90 bits per heavy atom. The number of nitrogens with zero attached hydrogens (tertiary/aromatic N) is 1. The van der Waals surface area contributed by atoms with Gasteiger partial charge in [0.25, 0.3) is 0 Å². The van der Waals surface area contributed by atoms with Gasteiger partial charge in [0.1, 0.15) is 0 Å². The number of aryl methyl sites for hydroxylation is 1. The van der Waals surface area contributed by atoms with Gasteiger partial charge < -0.3 is 4.52 Å². The van der Waals surface area contributed by atoms with E-state index in [2.05, 4.69) is 10.5 Å². The van der Waals surface area contributed by atoms with Gasteiger partial charge in [-0.1, -0.05) is 48.8 Å². The van der Waals surface area contributed by atoms with E-state index in [1.165, 1.54) is 5.56 Å². The number of carbonyl (C=O) groups excluding carboxylic acids is 1. The fraction of sp³-hybridized carbons (Fsp3) is 0.375. The standard InChI is InChI=1S/C16H20N2O2/c1-4-12(5-2)15(19)18-16-14(10-17-20-16)13-8-6-11(3)7-9-13/h6-10,12H,4-5H2,1-3H3,(H,18,19). The molecular formula is C16H20N2O2. The summed E-state index contributed by atoms with van der Waals surface area (Å²) in [5.41, 5.74) is 2.98. The second-order valence-corrected chi connectivity index (χ2v) is 4.94. The van der Waals surface area contributed by atoms with Gasteiger partial charge in [0.2, 0.25) is 11.8 Å². The Balaban J connectivity index is 2.21. The van der Waals surface area contributed by atoms with Crippen LogP contribution in [0.2, 0.25) is 0 Å². The van der Waals surface area contributed by atoms with Crippen LogP contribution < -0.4 is 5.32 Å². The van der Waals surface area contributed by atoms with Crippen molar-refractivity contribution in [3.63, 3.8) is 0 Å². The van der Waals surface area contributed by atoms with E-state index in [1.807, 2.05) is 45.0 Å². The Morgan fingerprint density at radius 1 is 1.25 bits per heavy atom. The zero-order chi connectivity index (χ0) is 14.5. The lowest BCUT2D eigenvalue weighted by atomic mass is 10.0. The molecule has 1 heterocycles. The molecule has 4 nitrogen and oxygen atoms in total. The summed E-state index contributed by atoms with van der Waals surface area (Å²) < 4.78 is 5.18. The maximum Gasteiger partial charge on any atom is 0.239 e. The zero-order valence-electron chi connectivity index (χ0n) is 12.1. The van der Waals surface area contributed by atoms with E-state index in [0.717, 1.165) is 24.0 Å². The molecule has 2 rings (SSSR count). The van der Waals surface area contributed by atoms with Gasteiger partial charge >= 0.3 is 0 Å². The predicted molar refractivity (Wildman–Crippen MR) is 79.4 cm³/mol. The van der Waals surface area contributed by atoms with Crippen LogP contribution in [-0.2, 0) is 4.79 Å². The van der Waals surface area contributed by atoms with Crippen molar-refractivity contribution in [3.05, 3.63) is 36.0 Å². The first-order valence-corrected chi connectivity index (χ1v) is 6.98. The van der Waals surface area contributed by atoms with Crippen LogP contribution in [0, 0.1) is 12.8 Å². The highest BCUT2D eigenvalue weighted by atomic mass is 16.5. The van der Waals surface area contributed by atoms with Crippen molar-refractivity contribution in [2.75, 3.05) is 5.32 Å². The minimum Gasteiger partial charge on any atom is -0.338 e. The van der Waals surface area contributed by atoms with Gasteiger partial charge in [-0.3, -0.25) is 10.1 Å². The number of hydrogen-bond acceptors (Lipinski definition) is 3. The largest absolute Gasteiger partial charge is 0.338 e. The fourth-order valence-electron chi connectivity index (χ4n) is 2.14. The van der Waals surface area contributed by atoms with E-state index < -0.39 is 0 Å². The molecule has 1 aromatic carbocycles. The number of rotatable bonds is 5. The molecule has 2 aromatic rings. The number of hydrogen-bond donors (Lipinski definition) is 1. The molecular weight excluding hydrogens is 252 g/mol. The van der Waals surface area contributed by atoms with E-state index in [9.17, 15) is 4.79 Å². The molecule has 0 fully saturated rings. The van der Waals surface area contributed by atoms with Crippen LogP contribution in [0.15, 0.2) is 35.0 Å². The molecule has 1 N–H and O–H groups in total. The van der Waals surface area contributed by atoms with Crippen molar-refractivity contribution in [3.8, 4) is 11.1 Å². The highest BCUT2D eigenvalue weighted by Gasteiger charge is 2.18. The van der Waals surface area contributed by atoms with Crippen LogP contribution in [-0.4, -0.2) is 11.1 Å². The third-order valence-electron chi connectivity index (χ3n) is 3.53. The van der Waals surface area contributed by atoms with Crippen molar-refractivity contribution in [2.45, 2.75) is 33.6 Å². The SMILES string of the molecule is CCC(CC)C(=O)Nc1oncc1-c1ccc(C)cc1.